The van der Waals surface area contributed by atoms with Gasteiger partial charge in [0, 0.05) is 0 Å². The van der Waals surface area contributed by atoms with Crippen LogP contribution in [0.5, 0.6) is 0 Å². The average molecular weight is 462 g/mol. The van der Waals surface area contributed by atoms with Gasteiger partial charge in [-0.15, -0.1) is 0 Å². The molecule has 34 heavy (non-hydrogen) atoms. The highest BCUT2D eigenvalue weighted by molar-refractivity contribution is 5.26. The molecule has 0 heterocycles. The van der Waals surface area contributed by atoms with Crippen molar-refractivity contribution in [2.24, 2.45) is 17.8 Å². The molecule has 0 N–H and O–H groups in total. The summed E-state index contributed by atoms with van der Waals surface area (Å²) in [5.41, 5.74) is 4.53. The van der Waals surface area contributed by atoms with Crippen LogP contribution in [0.3, 0.4) is 0 Å². The fraction of sp³-hybridized carbons (Fsp3) is 0.594. The SMILES string of the molecule is C=C(C1CCC(C=CC=C(F)C#N)CC1)C1CCC(c2ccc(CCCCCCC)cc2)CC1. The lowest BCUT2D eigenvalue weighted by Crippen LogP contribution is -2.22. The second-order valence-electron chi connectivity index (χ2n) is 10.7. The van der Waals surface area contributed by atoms with E-state index in [-0.39, 0.29) is 0 Å². The van der Waals surface area contributed by atoms with Crippen LogP contribution < -0.4 is 0 Å². The molecule has 2 fully saturated rings. The minimum atomic E-state index is -0.720. The van der Waals surface area contributed by atoms with Crippen LogP contribution in [0.25, 0.3) is 0 Å². The molecular weight excluding hydrogens is 417 g/mol. The summed E-state index contributed by atoms with van der Waals surface area (Å²) in [7, 11) is 0. The van der Waals surface area contributed by atoms with Gasteiger partial charge in [0.1, 0.15) is 6.07 Å². The van der Waals surface area contributed by atoms with Gasteiger partial charge in [0.05, 0.1) is 0 Å². The number of halogens is 1. The number of allylic oxidation sites excluding steroid dienone is 5. The molecule has 0 radical (unpaired) electrons. The second kappa shape index (κ2) is 14.3. The van der Waals surface area contributed by atoms with Crippen LogP contribution in [0.1, 0.15) is 107 Å². The van der Waals surface area contributed by atoms with Crippen molar-refractivity contribution >= 4 is 0 Å². The number of unbranched alkanes of at least 4 members (excludes halogenated alkanes) is 4. The quantitative estimate of drug-likeness (QED) is 0.139. The van der Waals surface area contributed by atoms with Gasteiger partial charge in [-0.05, 0) is 105 Å². The smallest absolute Gasteiger partial charge is 0.195 e. The molecule has 2 aliphatic carbocycles. The molecule has 0 aliphatic heterocycles. The Morgan fingerprint density at radius 3 is 2.18 bits per heavy atom. The van der Waals surface area contributed by atoms with E-state index in [1.54, 1.807) is 6.08 Å². The molecule has 1 nitrogen and oxygen atoms in total. The topological polar surface area (TPSA) is 23.8 Å². The molecule has 2 heteroatoms. The highest BCUT2D eigenvalue weighted by atomic mass is 19.1. The molecule has 0 bridgehead atoms. The first-order chi connectivity index (χ1) is 16.6. The number of hydrogen-bond donors (Lipinski definition) is 0. The summed E-state index contributed by atoms with van der Waals surface area (Å²) in [5.74, 6) is 1.83. The number of rotatable bonds is 11. The lowest BCUT2D eigenvalue weighted by Gasteiger charge is -2.36. The Labute approximate surface area is 207 Å². The fourth-order valence-corrected chi connectivity index (χ4v) is 6.04. The zero-order valence-corrected chi connectivity index (χ0v) is 21.3. The van der Waals surface area contributed by atoms with Gasteiger partial charge in [0.25, 0.3) is 0 Å². The van der Waals surface area contributed by atoms with Crippen molar-refractivity contribution in [3.8, 4) is 6.07 Å². The number of nitrogens with zero attached hydrogens (tertiary/aromatic N) is 1. The zero-order chi connectivity index (χ0) is 24.2. The normalized spacial score (nSPS) is 25.9. The predicted molar refractivity (Wildman–Crippen MR) is 142 cm³/mol. The van der Waals surface area contributed by atoms with Gasteiger partial charge in [-0.3, -0.25) is 0 Å². The van der Waals surface area contributed by atoms with E-state index in [4.69, 9.17) is 5.26 Å². The van der Waals surface area contributed by atoms with Gasteiger partial charge in [-0.25, -0.2) is 0 Å². The molecule has 0 spiro atoms. The first-order valence-electron chi connectivity index (χ1n) is 13.8. The summed E-state index contributed by atoms with van der Waals surface area (Å²) in [5, 5.41) is 8.50. The Morgan fingerprint density at radius 1 is 0.941 bits per heavy atom. The van der Waals surface area contributed by atoms with Crippen molar-refractivity contribution in [2.75, 3.05) is 0 Å². The molecule has 0 aromatic heterocycles. The Kier molecular flexibility index (Phi) is 11.1. The number of nitriles is 1. The van der Waals surface area contributed by atoms with E-state index in [9.17, 15) is 4.39 Å². The third kappa shape index (κ3) is 8.26. The summed E-state index contributed by atoms with van der Waals surface area (Å²) < 4.78 is 12.9. The second-order valence-corrected chi connectivity index (χ2v) is 10.7. The molecule has 2 saturated carbocycles. The third-order valence-electron chi connectivity index (χ3n) is 8.30. The van der Waals surface area contributed by atoms with Gasteiger partial charge in [-0.1, -0.05) is 81.2 Å². The molecule has 2 aliphatic rings. The van der Waals surface area contributed by atoms with Crippen LogP contribution >= 0.6 is 0 Å². The van der Waals surface area contributed by atoms with E-state index in [0.29, 0.717) is 23.7 Å². The van der Waals surface area contributed by atoms with Crippen molar-refractivity contribution in [3.63, 3.8) is 0 Å². The average Bonchev–Trinajstić information content (AvgIpc) is 2.89. The van der Waals surface area contributed by atoms with Gasteiger partial charge < -0.3 is 0 Å². The van der Waals surface area contributed by atoms with Gasteiger partial charge in [0.2, 0.25) is 0 Å². The number of benzene rings is 1. The summed E-state index contributed by atoms with van der Waals surface area (Å²) in [6.45, 7) is 6.84. The first kappa shape index (κ1) is 26.5. The third-order valence-corrected chi connectivity index (χ3v) is 8.30. The van der Waals surface area contributed by atoms with Gasteiger partial charge in [-0.2, -0.15) is 9.65 Å². The Morgan fingerprint density at radius 2 is 1.56 bits per heavy atom. The predicted octanol–water partition coefficient (Wildman–Crippen LogP) is 9.77. The summed E-state index contributed by atoms with van der Waals surface area (Å²) in [6, 6.07) is 11.1. The molecule has 0 atom stereocenters. The van der Waals surface area contributed by atoms with Crippen molar-refractivity contribution in [3.05, 3.63) is 71.6 Å². The van der Waals surface area contributed by atoms with Gasteiger partial charge in [0.15, 0.2) is 5.83 Å². The first-order valence-corrected chi connectivity index (χ1v) is 13.8. The largest absolute Gasteiger partial charge is 0.199 e. The molecule has 3 rings (SSSR count). The van der Waals surface area contributed by atoms with Crippen LogP contribution in [0.15, 0.2) is 60.5 Å². The van der Waals surface area contributed by atoms with E-state index in [1.807, 2.05) is 0 Å². The van der Waals surface area contributed by atoms with Crippen molar-refractivity contribution < 1.29 is 4.39 Å². The van der Waals surface area contributed by atoms with Crippen molar-refractivity contribution in [1.82, 2.24) is 0 Å². The summed E-state index contributed by atoms with van der Waals surface area (Å²) in [6.07, 6.45) is 22.8. The van der Waals surface area contributed by atoms with Crippen LogP contribution in [-0.2, 0) is 6.42 Å². The maximum absolute atomic E-state index is 12.9. The Bertz CT molecular complexity index is 840. The zero-order valence-electron chi connectivity index (χ0n) is 21.3. The fourth-order valence-electron chi connectivity index (χ4n) is 6.04. The lowest BCUT2D eigenvalue weighted by molar-refractivity contribution is 0.290. The van der Waals surface area contributed by atoms with E-state index < -0.39 is 5.83 Å². The summed E-state index contributed by atoms with van der Waals surface area (Å²) >= 11 is 0. The molecule has 1 aromatic rings. The van der Waals surface area contributed by atoms with Crippen molar-refractivity contribution in [1.29, 1.82) is 5.26 Å². The Hall–Kier alpha value is -2.14. The molecule has 0 unspecified atom stereocenters. The minimum absolute atomic E-state index is 0.502. The number of aryl methyl sites for hydroxylation is 1. The standard InChI is InChI=1S/C32H44FN/c1-3-4-5-6-7-9-26-14-18-30(19-15-26)31-22-20-29(21-23-31)25(2)28-16-12-27(13-17-28)10-8-11-32(33)24-34/h8,10-11,14-15,18-19,27-29,31H,2-7,9,12-13,16-17,20-23H2,1H3. The van der Waals surface area contributed by atoms with Crippen LogP contribution in [0.4, 0.5) is 4.39 Å². The molecular formula is C32H44FN. The van der Waals surface area contributed by atoms with Crippen LogP contribution in [0, 0.1) is 29.1 Å². The van der Waals surface area contributed by atoms with E-state index in [0.717, 1.165) is 12.8 Å². The minimum Gasteiger partial charge on any atom is -0.195 e. The van der Waals surface area contributed by atoms with E-state index in [1.165, 1.54) is 106 Å². The van der Waals surface area contributed by atoms with Crippen LogP contribution in [-0.4, -0.2) is 0 Å². The Balaban J connectivity index is 1.38. The van der Waals surface area contributed by atoms with E-state index >= 15 is 0 Å². The number of hydrogen-bond acceptors (Lipinski definition) is 1. The van der Waals surface area contributed by atoms with Gasteiger partial charge >= 0.3 is 0 Å². The molecule has 1 aromatic carbocycles. The summed E-state index contributed by atoms with van der Waals surface area (Å²) in [4.78, 5) is 0. The van der Waals surface area contributed by atoms with E-state index in [2.05, 4.69) is 43.8 Å². The van der Waals surface area contributed by atoms with Crippen molar-refractivity contribution in [2.45, 2.75) is 103 Å². The molecule has 0 amide bonds. The highest BCUT2D eigenvalue weighted by Gasteiger charge is 2.29. The maximum atomic E-state index is 12.9. The molecule has 0 saturated heterocycles. The lowest BCUT2D eigenvalue weighted by atomic mass is 9.70. The van der Waals surface area contributed by atoms with Crippen LogP contribution in [0.2, 0.25) is 0 Å². The highest BCUT2D eigenvalue weighted by Crippen LogP contribution is 2.43. The monoisotopic (exact) mass is 461 g/mol. The maximum Gasteiger partial charge on any atom is 0.199 e. The molecule has 184 valence electrons.